The first-order chi connectivity index (χ1) is 12.4. The lowest BCUT2D eigenvalue weighted by atomic mass is 10.2. The average molecular weight is 389 g/mol. The highest BCUT2D eigenvalue weighted by Crippen LogP contribution is 2.26. The van der Waals surface area contributed by atoms with Crippen LogP contribution in [0.2, 0.25) is 10.0 Å². The summed E-state index contributed by atoms with van der Waals surface area (Å²) in [4.78, 5) is 14.4. The number of rotatable bonds is 4. The Hall–Kier alpha value is -2.37. The molecule has 7 heteroatoms. The highest BCUT2D eigenvalue weighted by Gasteiger charge is 2.21. The number of benzene rings is 2. The third kappa shape index (κ3) is 3.59. The van der Waals surface area contributed by atoms with Crippen molar-refractivity contribution in [3.63, 3.8) is 0 Å². The molecule has 0 N–H and O–H groups in total. The topological polar surface area (TPSA) is 51.0 Å². The minimum absolute atomic E-state index is 0.225. The zero-order valence-electron chi connectivity index (χ0n) is 14.7. The average Bonchev–Trinajstić information content (AvgIpc) is 2.99. The van der Waals surface area contributed by atoms with Gasteiger partial charge < -0.3 is 4.90 Å². The van der Waals surface area contributed by atoms with E-state index >= 15 is 0 Å². The molecule has 1 amide bonds. The summed E-state index contributed by atoms with van der Waals surface area (Å²) in [7, 11) is 1.70. The molecule has 3 aromatic rings. The molecular formula is C19H18Cl2N4O. The molecular weight excluding hydrogens is 371 g/mol. The smallest absolute Gasteiger partial charge is 0.276 e. The summed E-state index contributed by atoms with van der Waals surface area (Å²) in [6.07, 6.45) is 0. The van der Waals surface area contributed by atoms with E-state index in [9.17, 15) is 4.79 Å². The maximum Gasteiger partial charge on any atom is 0.276 e. The van der Waals surface area contributed by atoms with Gasteiger partial charge in [0.05, 0.1) is 21.4 Å². The van der Waals surface area contributed by atoms with Gasteiger partial charge in [-0.2, -0.15) is 0 Å². The Morgan fingerprint density at radius 2 is 1.88 bits per heavy atom. The van der Waals surface area contributed by atoms with Crippen LogP contribution < -0.4 is 0 Å². The van der Waals surface area contributed by atoms with Crippen molar-refractivity contribution in [3.05, 3.63) is 75.0 Å². The molecule has 0 bridgehead atoms. The zero-order chi connectivity index (χ0) is 18.8. The largest absolute Gasteiger partial charge is 0.336 e. The van der Waals surface area contributed by atoms with Crippen LogP contribution in [0.1, 0.15) is 27.3 Å². The van der Waals surface area contributed by atoms with Gasteiger partial charge in [-0.05, 0) is 43.2 Å². The van der Waals surface area contributed by atoms with Crippen LogP contribution in [0.5, 0.6) is 0 Å². The summed E-state index contributed by atoms with van der Waals surface area (Å²) in [5, 5.41) is 9.15. The van der Waals surface area contributed by atoms with Crippen molar-refractivity contribution >= 4 is 29.1 Å². The monoisotopic (exact) mass is 388 g/mol. The van der Waals surface area contributed by atoms with E-state index in [-0.39, 0.29) is 5.91 Å². The van der Waals surface area contributed by atoms with Crippen molar-refractivity contribution < 1.29 is 4.79 Å². The van der Waals surface area contributed by atoms with Crippen molar-refractivity contribution in [2.45, 2.75) is 20.4 Å². The molecule has 2 aromatic carbocycles. The normalized spacial score (nSPS) is 10.8. The van der Waals surface area contributed by atoms with Gasteiger partial charge in [-0.1, -0.05) is 52.7 Å². The van der Waals surface area contributed by atoms with Crippen LogP contribution in [0.25, 0.3) is 5.69 Å². The van der Waals surface area contributed by atoms with E-state index in [1.807, 2.05) is 44.2 Å². The Bertz CT molecular complexity index is 968. The van der Waals surface area contributed by atoms with Crippen LogP contribution >= 0.6 is 23.2 Å². The summed E-state index contributed by atoms with van der Waals surface area (Å²) in [5.41, 5.74) is 3.75. The van der Waals surface area contributed by atoms with Crippen LogP contribution in [0.15, 0.2) is 42.5 Å². The second-order valence-corrected chi connectivity index (χ2v) is 6.93. The molecule has 0 radical (unpaired) electrons. The number of halogens is 2. The van der Waals surface area contributed by atoms with Crippen molar-refractivity contribution in [1.82, 2.24) is 19.9 Å². The minimum atomic E-state index is -0.225. The number of carbonyl (C=O) groups is 1. The quantitative estimate of drug-likeness (QED) is 0.662. The van der Waals surface area contributed by atoms with Gasteiger partial charge in [0, 0.05) is 13.6 Å². The lowest BCUT2D eigenvalue weighted by molar-refractivity contribution is 0.0778. The lowest BCUT2D eigenvalue weighted by Gasteiger charge is -2.17. The molecule has 0 aliphatic heterocycles. The second-order valence-electron chi connectivity index (χ2n) is 6.15. The van der Waals surface area contributed by atoms with Crippen molar-refractivity contribution in [1.29, 1.82) is 0 Å². The second kappa shape index (κ2) is 7.48. The van der Waals surface area contributed by atoms with Crippen LogP contribution in [0, 0.1) is 13.8 Å². The van der Waals surface area contributed by atoms with E-state index < -0.39 is 0 Å². The SMILES string of the molecule is Cc1cccc(-n2nnc(C(=O)N(C)Cc3cccc(Cl)c3Cl)c2C)c1. The van der Waals surface area contributed by atoms with E-state index in [0.717, 1.165) is 16.8 Å². The van der Waals surface area contributed by atoms with Crippen LogP contribution in [0.3, 0.4) is 0 Å². The van der Waals surface area contributed by atoms with E-state index in [1.54, 1.807) is 28.8 Å². The van der Waals surface area contributed by atoms with Gasteiger partial charge in [0.15, 0.2) is 5.69 Å². The summed E-state index contributed by atoms with van der Waals surface area (Å²) in [6.45, 7) is 4.16. The van der Waals surface area contributed by atoms with Gasteiger partial charge in [0.25, 0.3) is 5.91 Å². The molecule has 0 unspecified atom stereocenters. The standard InChI is InChI=1S/C19H18Cl2N4O/c1-12-6-4-8-15(10-12)25-13(2)18(22-23-25)19(26)24(3)11-14-7-5-9-16(20)17(14)21/h4-10H,11H2,1-3H3. The van der Waals surface area contributed by atoms with Gasteiger partial charge in [-0.3, -0.25) is 4.79 Å². The summed E-state index contributed by atoms with van der Waals surface area (Å²) < 4.78 is 1.67. The molecule has 0 saturated carbocycles. The first-order valence-electron chi connectivity index (χ1n) is 8.06. The number of amides is 1. The first-order valence-corrected chi connectivity index (χ1v) is 8.81. The Morgan fingerprint density at radius 3 is 2.62 bits per heavy atom. The number of hydrogen-bond acceptors (Lipinski definition) is 3. The fourth-order valence-corrected chi connectivity index (χ4v) is 3.09. The third-order valence-corrected chi connectivity index (χ3v) is 4.99. The van der Waals surface area contributed by atoms with Crippen LogP contribution in [0.4, 0.5) is 0 Å². The zero-order valence-corrected chi connectivity index (χ0v) is 16.2. The number of hydrogen-bond donors (Lipinski definition) is 0. The summed E-state index contributed by atoms with van der Waals surface area (Å²) in [5.74, 6) is -0.225. The Kier molecular flexibility index (Phi) is 5.30. The molecule has 0 aliphatic rings. The molecule has 0 spiro atoms. The molecule has 26 heavy (non-hydrogen) atoms. The van der Waals surface area contributed by atoms with Crippen molar-refractivity contribution in [2.24, 2.45) is 0 Å². The number of aromatic nitrogens is 3. The van der Waals surface area contributed by atoms with Crippen molar-refractivity contribution in [2.75, 3.05) is 7.05 Å². The molecule has 3 rings (SSSR count). The number of carbonyl (C=O) groups excluding carboxylic acids is 1. The predicted molar refractivity (Wildman–Crippen MR) is 103 cm³/mol. The highest BCUT2D eigenvalue weighted by molar-refractivity contribution is 6.42. The van der Waals surface area contributed by atoms with Gasteiger partial charge >= 0.3 is 0 Å². The molecule has 1 heterocycles. The maximum absolute atomic E-state index is 12.8. The van der Waals surface area contributed by atoms with E-state index in [1.165, 1.54) is 0 Å². The Balaban J connectivity index is 1.85. The maximum atomic E-state index is 12.8. The summed E-state index contributed by atoms with van der Waals surface area (Å²) in [6, 6.07) is 13.2. The lowest BCUT2D eigenvalue weighted by Crippen LogP contribution is -2.27. The van der Waals surface area contributed by atoms with E-state index in [4.69, 9.17) is 23.2 Å². The Morgan fingerprint density at radius 1 is 1.15 bits per heavy atom. The minimum Gasteiger partial charge on any atom is -0.336 e. The van der Waals surface area contributed by atoms with Gasteiger partial charge in [-0.15, -0.1) is 5.10 Å². The fraction of sp³-hybridized carbons (Fsp3) is 0.211. The number of aryl methyl sites for hydroxylation is 1. The molecule has 134 valence electrons. The third-order valence-electron chi connectivity index (χ3n) is 4.13. The first kappa shape index (κ1) is 18.4. The van der Waals surface area contributed by atoms with Crippen LogP contribution in [-0.4, -0.2) is 32.8 Å². The molecule has 0 aliphatic carbocycles. The van der Waals surface area contributed by atoms with Gasteiger partial charge in [0.2, 0.25) is 0 Å². The van der Waals surface area contributed by atoms with Gasteiger partial charge in [0.1, 0.15) is 0 Å². The number of nitrogens with zero attached hydrogens (tertiary/aromatic N) is 4. The Labute approximate surface area is 162 Å². The molecule has 0 saturated heterocycles. The van der Waals surface area contributed by atoms with Crippen LogP contribution in [-0.2, 0) is 6.54 Å². The summed E-state index contributed by atoms with van der Waals surface area (Å²) >= 11 is 12.3. The molecule has 0 atom stereocenters. The van der Waals surface area contributed by atoms with E-state index in [2.05, 4.69) is 10.3 Å². The molecule has 5 nitrogen and oxygen atoms in total. The van der Waals surface area contributed by atoms with E-state index in [0.29, 0.717) is 28.0 Å². The predicted octanol–water partition coefficient (Wildman–Crippen LogP) is 4.46. The highest BCUT2D eigenvalue weighted by atomic mass is 35.5. The molecule has 0 fully saturated rings. The molecule has 1 aromatic heterocycles. The van der Waals surface area contributed by atoms with Gasteiger partial charge in [-0.25, -0.2) is 4.68 Å². The fourth-order valence-electron chi connectivity index (χ4n) is 2.71. The van der Waals surface area contributed by atoms with Crippen molar-refractivity contribution in [3.8, 4) is 5.69 Å².